The normalized spacial score (nSPS) is 16.7. The molecule has 0 amide bonds. The van der Waals surface area contributed by atoms with Crippen LogP contribution >= 0.6 is 0 Å². The van der Waals surface area contributed by atoms with E-state index >= 15 is 0 Å². The molecule has 1 fully saturated rings. The lowest BCUT2D eigenvalue weighted by Crippen LogP contribution is -2.31. The van der Waals surface area contributed by atoms with Crippen molar-refractivity contribution < 1.29 is 14.3 Å². The van der Waals surface area contributed by atoms with Crippen LogP contribution in [0.3, 0.4) is 0 Å². The van der Waals surface area contributed by atoms with Gasteiger partial charge in [0.15, 0.2) is 0 Å². The average Bonchev–Trinajstić information content (AvgIpc) is 2.95. The van der Waals surface area contributed by atoms with Gasteiger partial charge in [0.2, 0.25) is 0 Å². The Kier molecular flexibility index (Phi) is 4.48. The van der Waals surface area contributed by atoms with E-state index in [9.17, 15) is 4.79 Å². The number of esters is 1. The molecule has 0 aliphatic heterocycles. The highest BCUT2D eigenvalue weighted by Gasteiger charge is 2.36. The highest BCUT2D eigenvalue weighted by atomic mass is 16.6. The van der Waals surface area contributed by atoms with Crippen molar-refractivity contribution in [1.82, 2.24) is 0 Å². The van der Waals surface area contributed by atoms with Gasteiger partial charge in [0.1, 0.15) is 16.9 Å². The molecular formula is C17H22O3. The third-order valence-electron chi connectivity index (χ3n) is 4.15. The molecule has 0 spiro atoms. The summed E-state index contributed by atoms with van der Waals surface area (Å²) in [4.78, 5) is 12.5. The van der Waals surface area contributed by atoms with Gasteiger partial charge in [-0.1, -0.05) is 25.6 Å². The summed E-state index contributed by atoms with van der Waals surface area (Å²) in [6.45, 7) is 5.81. The predicted molar refractivity (Wildman–Crippen MR) is 80.0 cm³/mol. The van der Waals surface area contributed by atoms with Gasteiger partial charge in [-0.05, 0) is 49.8 Å². The molecule has 20 heavy (non-hydrogen) atoms. The van der Waals surface area contributed by atoms with Gasteiger partial charge in [0.25, 0.3) is 0 Å². The van der Waals surface area contributed by atoms with Crippen molar-refractivity contribution in [2.24, 2.45) is 0 Å². The molecule has 1 aliphatic rings. The number of hydrogen-bond acceptors (Lipinski definition) is 3. The van der Waals surface area contributed by atoms with E-state index in [2.05, 4.69) is 13.5 Å². The maximum Gasteiger partial charge on any atom is 0.342 e. The van der Waals surface area contributed by atoms with Crippen LogP contribution in [0.2, 0.25) is 0 Å². The van der Waals surface area contributed by atoms with Crippen molar-refractivity contribution in [3.63, 3.8) is 0 Å². The fourth-order valence-electron chi connectivity index (χ4n) is 2.81. The third-order valence-corrected chi connectivity index (χ3v) is 4.15. The summed E-state index contributed by atoms with van der Waals surface area (Å²) in [5, 5.41) is 0. The van der Waals surface area contributed by atoms with Gasteiger partial charge in [-0.2, -0.15) is 0 Å². The fourth-order valence-corrected chi connectivity index (χ4v) is 2.81. The Morgan fingerprint density at radius 1 is 1.40 bits per heavy atom. The monoisotopic (exact) mass is 274 g/mol. The first-order chi connectivity index (χ1) is 9.64. The van der Waals surface area contributed by atoms with Gasteiger partial charge in [0, 0.05) is 0 Å². The summed E-state index contributed by atoms with van der Waals surface area (Å²) in [6.07, 6.45) is 6.75. The molecule has 0 unspecified atom stereocenters. The molecule has 0 radical (unpaired) electrons. The van der Waals surface area contributed by atoms with Crippen LogP contribution < -0.4 is 4.74 Å². The highest BCUT2D eigenvalue weighted by molar-refractivity contribution is 5.93. The Labute approximate surface area is 120 Å². The highest BCUT2D eigenvalue weighted by Crippen LogP contribution is 2.37. The van der Waals surface area contributed by atoms with Crippen molar-refractivity contribution >= 4 is 12.0 Å². The molecule has 0 saturated heterocycles. The molecule has 0 bridgehead atoms. The quantitative estimate of drug-likeness (QED) is 0.754. The summed E-state index contributed by atoms with van der Waals surface area (Å²) in [6, 6.07) is 5.42. The van der Waals surface area contributed by atoms with Crippen molar-refractivity contribution in [2.75, 3.05) is 7.11 Å². The SMILES string of the molecule is C=Cc1ccc(OC)c(C(=O)OC2(CC)CCCC2)c1. The van der Waals surface area contributed by atoms with E-state index in [0.29, 0.717) is 11.3 Å². The number of hydrogen-bond donors (Lipinski definition) is 0. The van der Waals surface area contributed by atoms with Crippen LogP contribution in [0.4, 0.5) is 0 Å². The average molecular weight is 274 g/mol. The number of ether oxygens (including phenoxy) is 2. The predicted octanol–water partition coefficient (Wildman–Crippen LogP) is 4.22. The number of methoxy groups -OCH3 is 1. The first-order valence-corrected chi connectivity index (χ1v) is 7.18. The number of rotatable bonds is 5. The molecule has 3 heteroatoms. The van der Waals surface area contributed by atoms with E-state index in [1.165, 1.54) is 0 Å². The first-order valence-electron chi connectivity index (χ1n) is 7.18. The second-order valence-electron chi connectivity index (χ2n) is 5.30. The molecule has 1 saturated carbocycles. The van der Waals surface area contributed by atoms with Crippen molar-refractivity contribution in [3.05, 3.63) is 35.9 Å². The van der Waals surface area contributed by atoms with E-state index < -0.39 is 0 Å². The second-order valence-corrected chi connectivity index (χ2v) is 5.30. The smallest absolute Gasteiger partial charge is 0.342 e. The molecule has 1 aliphatic carbocycles. The number of carbonyl (C=O) groups excluding carboxylic acids is 1. The third kappa shape index (κ3) is 2.87. The Morgan fingerprint density at radius 2 is 2.10 bits per heavy atom. The van der Waals surface area contributed by atoms with Gasteiger partial charge >= 0.3 is 5.97 Å². The number of carbonyl (C=O) groups is 1. The van der Waals surface area contributed by atoms with Crippen LogP contribution in [-0.4, -0.2) is 18.7 Å². The zero-order valence-corrected chi connectivity index (χ0v) is 12.3. The van der Waals surface area contributed by atoms with Gasteiger partial charge in [-0.15, -0.1) is 0 Å². The van der Waals surface area contributed by atoms with Gasteiger partial charge in [-0.25, -0.2) is 4.79 Å². The number of benzene rings is 1. The van der Waals surface area contributed by atoms with Crippen LogP contribution in [0.5, 0.6) is 5.75 Å². The lowest BCUT2D eigenvalue weighted by molar-refractivity contribution is -0.0174. The van der Waals surface area contributed by atoms with E-state index in [1.807, 2.05) is 6.07 Å². The van der Waals surface area contributed by atoms with Gasteiger partial charge < -0.3 is 9.47 Å². The van der Waals surface area contributed by atoms with E-state index in [4.69, 9.17) is 9.47 Å². The molecule has 108 valence electrons. The molecule has 1 aromatic rings. The zero-order chi connectivity index (χ0) is 14.6. The van der Waals surface area contributed by atoms with Crippen LogP contribution in [0.1, 0.15) is 54.9 Å². The lowest BCUT2D eigenvalue weighted by atomic mass is 9.98. The second kappa shape index (κ2) is 6.12. The minimum absolute atomic E-state index is 0.285. The van der Waals surface area contributed by atoms with Crippen LogP contribution in [0, 0.1) is 0 Å². The van der Waals surface area contributed by atoms with Gasteiger partial charge in [-0.3, -0.25) is 0 Å². The molecule has 1 aromatic carbocycles. The Balaban J connectivity index is 2.25. The fraction of sp³-hybridized carbons (Fsp3) is 0.471. The van der Waals surface area contributed by atoms with Crippen molar-refractivity contribution in [1.29, 1.82) is 0 Å². The standard InChI is InChI=1S/C17H22O3/c1-4-13-8-9-15(19-3)14(12-13)16(18)20-17(5-2)10-6-7-11-17/h4,8-9,12H,1,5-7,10-11H2,2-3H3. The van der Waals surface area contributed by atoms with Gasteiger partial charge in [0.05, 0.1) is 7.11 Å². The Morgan fingerprint density at radius 3 is 2.65 bits per heavy atom. The van der Waals surface area contributed by atoms with E-state index in [1.54, 1.807) is 25.3 Å². The van der Waals surface area contributed by atoms with E-state index in [-0.39, 0.29) is 11.6 Å². The van der Waals surface area contributed by atoms with Crippen LogP contribution in [0.15, 0.2) is 24.8 Å². The Hall–Kier alpha value is -1.77. The molecule has 0 aromatic heterocycles. The Bertz CT molecular complexity index is 499. The summed E-state index contributed by atoms with van der Waals surface area (Å²) in [7, 11) is 1.56. The van der Waals surface area contributed by atoms with E-state index in [0.717, 1.165) is 37.7 Å². The lowest BCUT2D eigenvalue weighted by Gasteiger charge is -2.28. The van der Waals surface area contributed by atoms with Crippen molar-refractivity contribution in [2.45, 2.75) is 44.6 Å². The molecule has 0 atom stereocenters. The summed E-state index contributed by atoms with van der Waals surface area (Å²) in [5.41, 5.74) is 1.08. The maximum atomic E-state index is 12.5. The van der Waals surface area contributed by atoms with Crippen LogP contribution in [-0.2, 0) is 4.74 Å². The van der Waals surface area contributed by atoms with Crippen molar-refractivity contribution in [3.8, 4) is 5.75 Å². The minimum Gasteiger partial charge on any atom is -0.496 e. The molecule has 3 nitrogen and oxygen atoms in total. The molecular weight excluding hydrogens is 252 g/mol. The molecule has 0 N–H and O–H groups in total. The summed E-state index contributed by atoms with van der Waals surface area (Å²) in [5.74, 6) is 0.249. The first kappa shape index (κ1) is 14.6. The zero-order valence-electron chi connectivity index (χ0n) is 12.3. The summed E-state index contributed by atoms with van der Waals surface area (Å²) >= 11 is 0. The van der Waals surface area contributed by atoms with Crippen LogP contribution in [0.25, 0.3) is 6.08 Å². The summed E-state index contributed by atoms with van der Waals surface area (Å²) < 4.78 is 11.1. The minimum atomic E-state index is -0.297. The molecule has 2 rings (SSSR count). The maximum absolute atomic E-state index is 12.5. The topological polar surface area (TPSA) is 35.5 Å². The largest absolute Gasteiger partial charge is 0.496 e. The molecule has 0 heterocycles.